The highest BCUT2D eigenvalue weighted by atomic mass is 16.3. The SMILES string of the molecule is C[C@H](C(=O)NC1CCN(Cc2ccccc2)CC1)N(C)C[C@@H]1CCCC[C@@H]1O. The van der Waals surface area contributed by atoms with Crippen molar-refractivity contribution in [3.05, 3.63) is 35.9 Å². The lowest BCUT2D eigenvalue weighted by molar-refractivity contribution is -0.127. The Bertz CT molecular complexity index is 601. The molecule has 1 saturated heterocycles. The Labute approximate surface area is 170 Å². The van der Waals surface area contributed by atoms with Crippen molar-refractivity contribution in [3.63, 3.8) is 0 Å². The minimum Gasteiger partial charge on any atom is -0.393 e. The van der Waals surface area contributed by atoms with Crippen molar-refractivity contribution in [2.45, 2.75) is 70.2 Å². The quantitative estimate of drug-likeness (QED) is 0.755. The zero-order chi connectivity index (χ0) is 19.9. The van der Waals surface area contributed by atoms with E-state index in [0.29, 0.717) is 5.92 Å². The van der Waals surface area contributed by atoms with Crippen LogP contribution < -0.4 is 5.32 Å². The number of aliphatic hydroxyl groups excluding tert-OH is 1. The first-order valence-electron chi connectivity index (χ1n) is 11.0. The van der Waals surface area contributed by atoms with Gasteiger partial charge in [0.2, 0.25) is 5.91 Å². The van der Waals surface area contributed by atoms with E-state index in [9.17, 15) is 9.90 Å². The number of nitrogens with one attached hydrogen (secondary N) is 1. The molecule has 156 valence electrons. The minimum atomic E-state index is -0.208. The monoisotopic (exact) mass is 387 g/mol. The van der Waals surface area contributed by atoms with Gasteiger partial charge in [-0.2, -0.15) is 0 Å². The van der Waals surface area contributed by atoms with Crippen LogP contribution in [0.5, 0.6) is 0 Å². The van der Waals surface area contributed by atoms with Crippen LogP contribution in [0.1, 0.15) is 51.0 Å². The number of carbonyl (C=O) groups excluding carboxylic acids is 1. The Kier molecular flexibility index (Phi) is 7.89. The molecule has 1 amide bonds. The molecular weight excluding hydrogens is 350 g/mol. The zero-order valence-corrected chi connectivity index (χ0v) is 17.5. The Morgan fingerprint density at radius 1 is 1.18 bits per heavy atom. The van der Waals surface area contributed by atoms with Gasteiger partial charge in [0.05, 0.1) is 12.1 Å². The van der Waals surface area contributed by atoms with Gasteiger partial charge >= 0.3 is 0 Å². The number of benzene rings is 1. The van der Waals surface area contributed by atoms with E-state index >= 15 is 0 Å². The first kappa shape index (κ1) is 21.3. The summed E-state index contributed by atoms with van der Waals surface area (Å²) in [7, 11) is 2.01. The molecule has 5 heteroatoms. The first-order valence-corrected chi connectivity index (χ1v) is 11.0. The number of rotatable bonds is 7. The number of amides is 1. The maximum Gasteiger partial charge on any atom is 0.237 e. The summed E-state index contributed by atoms with van der Waals surface area (Å²) < 4.78 is 0. The Balaban J connectivity index is 1.39. The van der Waals surface area contributed by atoms with Crippen LogP contribution in [0.3, 0.4) is 0 Å². The predicted molar refractivity (Wildman–Crippen MR) is 113 cm³/mol. The molecule has 1 aliphatic carbocycles. The van der Waals surface area contributed by atoms with Gasteiger partial charge in [0.15, 0.2) is 0 Å². The highest BCUT2D eigenvalue weighted by molar-refractivity contribution is 5.81. The summed E-state index contributed by atoms with van der Waals surface area (Å²) in [5.41, 5.74) is 1.35. The average molecular weight is 388 g/mol. The molecule has 2 N–H and O–H groups in total. The largest absolute Gasteiger partial charge is 0.393 e. The van der Waals surface area contributed by atoms with Crippen molar-refractivity contribution >= 4 is 5.91 Å². The van der Waals surface area contributed by atoms with Gasteiger partial charge in [-0.1, -0.05) is 43.2 Å². The Hall–Kier alpha value is -1.43. The highest BCUT2D eigenvalue weighted by Crippen LogP contribution is 2.25. The molecule has 3 atom stereocenters. The van der Waals surface area contributed by atoms with Crippen LogP contribution in [0.15, 0.2) is 30.3 Å². The van der Waals surface area contributed by atoms with E-state index in [1.165, 1.54) is 12.0 Å². The third-order valence-corrected chi connectivity index (χ3v) is 6.62. The van der Waals surface area contributed by atoms with Crippen LogP contribution in [0.4, 0.5) is 0 Å². The number of hydrogen-bond acceptors (Lipinski definition) is 4. The summed E-state index contributed by atoms with van der Waals surface area (Å²) in [5.74, 6) is 0.421. The lowest BCUT2D eigenvalue weighted by atomic mass is 9.86. The molecule has 1 aromatic rings. The second-order valence-corrected chi connectivity index (χ2v) is 8.77. The second-order valence-electron chi connectivity index (χ2n) is 8.77. The van der Waals surface area contributed by atoms with Gasteiger partial charge in [-0.3, -0.25) is 14.6 Å². The molecule has 2 aliphatic rings. The number of nitrogens with zero attached hydrogens (tertiary/aromatic N) is 2. The molecule has 28 heavy (non-hydrogen) atoms. The number of aliphatic hydroxyl groups is 1. The van der Waals surface area contributed by atoms with Gasteiger partial charge in [-0.05, 0) is 51.1 Å². The summed E-state index contributed by atoms with van der Waals surface area (Å²) in [5, 5.41) is 13.5. The smallest absolute Gasteiger partial charge is 0.237 e. The maximum absolute atomic E-state index is 12.7. The van der Waals surface area contributed by atoms with E-state index in [4.69, 9.17) is 0 Å². The van der Waals surface area contributed by atoms with Crippen molar-refractivity contribution in [2.75, 3.05) is 26.7 Å². The van der Waals surface area contributed by atoms with Crippen LogP contribution >= 0.6 is 0 Å². The van der Waals surface area contributed by atoms with E-state index < -0.39 is 0 Å². The third kappa shape index (κ3) is 6.03. The number of likely N-dealkylation sites (N-methyl/N-ethyl adjacent to an activating group) is 1. The van der Waals surface area contributed by atoms with Gasteiger partial charge in [0, 0.05) is 32.2 Å². The molecular formula is C23H37N3O2. The van der Waals surface area contributed by atoms with Crippen molar-refractivity contribution in [1.82, 2.24) is 15.1 Å². The number of carbonyl (C=O) groups is 1. The van der Waals surface area contributed by atoms with E-state index in [2.05, 4.69) is 45.4 Å². The molecule has 0 aromatic heterocycles. The minimum absolute atomic E-state index is 0.120. The van der Waals surface area contributed by atoms with Gasteiger partial charge in [-0.25, -0.2) is 0 Å². The summed E-state index contributed by atoms with van der Waals surface area (Å²) in [6, 6.07) is 10.7. The zero-order valence-electron chi connectivity index (χ0n) is 17.5. The van der Waals surface area contributed by atoms with Crippen molar-refractivity contribution in [3.8, 4) is 0 Å². The first-order chi connectivity index (χ1) is 13.5. The van der Waals surface area contributed by atoms with Crippen LogP contribution in [0.2, 0.25) is 0 Å². The third-order valence-electron chi connectivity index (χ3n) is 6.62. The topological polar surface area (TPSA) is 55.8 Å². The number of likely N-dealkylation sites (tertiary alicyclic amines) is 1. The van der Waals surface area contributed by atoms with Crippen LogP contribution in [-0.2, 0) is 11.3 Å². The molecule has 3 rings (SSSR count). The summed E-state index contributed by atoms with van der Waals surface area (Å²) in [6.07, 6.45) is 6.10. The molecule has 2 fully saturated rings. The van der Waals surface area contributed by atoms with Crippen LogP contribution in [-0.4, -0.2) is 65.7 Å². The molecule has 5 nitrogen and oxygen atoms in total. The molecule has 1 aromatic carbocycles. The summed E-state index contributed by atoms with van der Waals surface area (Å²) in [4.78, 5) is 17.3. The van der Waals surface area contributed by atoms with E-state index in [1.807, 2.05) is 14.0 Å². The van der Waals surface area contributed by atoms with Gasteiger partial charge in [0.25, 0.3) is 0 Å². The fourth-order valence-electron chi connectivity index (χ4n) is 4.53. The van der Waals surface area contributed by atoms with Gasteiger partial charge in [0.1, 0.15) is 0 Å². The molecule has 0 radical (unpaired) electrons. The lowest BCUT2D eigenvalue weighted by Gasteiger charge is -2.35. The van der Waals surface area contributed by atoms with Crippen LogP contribution in [0.25, 0.3) is 0 Å². The van der Waals surface area contributed by atoms with Crippen molar-refractivity contribution in [2.24, 2.45) is 5.92 Å². The van der Waals surface area contributed by atoms with E-state index in [0.717, 1.165) is 58.3 Å². The molecule has 0 bridgehead atoms. The molecule has 1 aliphatic heterocycles. The molecule has 1 heterocycles. The molecule has 0 spiro atoms. The fourth-order valence-corrected chi connectivity index (χ4v) is 4.53. The second kappa shape index (κ2) is 10.4. The summed E-state index contributed by atoms with van der Waals surface area (Å²) >= 11 is 0. The average Bonchev–Trinajstić information content (AvgIpc) is 2.71. The standard InChI is InChI=1S/C23H37N3O2/c1-18(25(2)17-20-10-6-7-11-22(20)27)23(28)24-21-12-14-26(15-13-21)16-19-8-4-3-5-9-19/h3-5,8-9,18,20-22,27H,6-7,10-17H2,1-2H3,(H,24,28)/t18-,20+,22+/m1/s1. The van der Waals surface area contributed by atoms with Gasteiger partial charge in [-0.15, -0.1) is 0 Å². The number of hydrogen-bond donors (Lipinski definition) is 2. The Morgan fingerprint density at radius 2 is 1.86 bits per heavy atom. The molecule has 1 saturated carbocycles. The summed E-state index contributed by atoms with van der Waals surface area (Å²) in [6.45, 7) is 5.82. The van der Waals surface area contributed by atoms with E-state index in [1.54, 1.807) is 0 Å². The van der Waals surface area contributed by atoms with Crippen molar-refractivity contribution in [1.29, 1.82) is 0 Å². The normalized spacial score (nSPS) is 25.6. The maximum atomic E-state index is 12.7. The van der Waals surface area contributed by atoms with Crippen molar-refractivity contribution < 1.29 is 9.90 Å². The van der Waals surface area contributed by atoms with E-state index in [-0.39, 0.29) is 24.1 Å². The number of piperidine rings is 1. The lowest BCUT2D eigenvalue weighted by Crippen LogP contribution is -2.51. The Morgan fingerprint density at radius 3 is 2.54 bits per heavy atom. The van der Waals surface area contributed by atoms with Crippen LogP contribution in [0, 0.1) is 5.92 Å². The van der Waals surface area contributed by atoms with Gasteiger partial charge < -0.3 is 10.4 Å². The highest BCUT2D eigenvalue weighted by Gasteiger charge is 2.29. The fraction of sp³-hybridized carbons (Fsp3) is 0.696. The predicted octanol–water partition coefficient (Wildman–Crippen LogP) is 2.64. The molecule has 0 unspecified atom stereocenters.